The summed E-state index contributed by atoms with van der Waals surface area (Å²) in [6.07, 6.45) is 0.946. The standard InChI is InChI=1S/C14H14BrNO2/c1-3-10-8-11(5-4-9(10)2)16-14(17)12-6-7-13(15)18-12/h4-8H,3H2,1-2H3,(H,16,17). The van der Waals surface area contributed by atoms with Crippen LogP contribution in [0.1, 0.15) is 28.6 Å². The van der Waals surface area contributed by atoms with Crippen LogP contribution in [0.25, 0.3) is 0 Å². The van der Waals surface area contributed by atoms with Crippen molar-refractivity contribution in [3.63, 3.8) is 0 Å². The lowest BCUT2D eigenvalue weighted by Gasteiger charge is -2.07. The van der Waals surface area contributed by atoms with Crippen LogP contribution < -0.4 is 5.32 Å². The van der Waals surface area contributed by atoms with Crippen LogP contribution in [0.2, 0.25) is 0 Å². The summed E-state index contributed by atoms with van der Waals surface area (Å²) in [4.78, 5) is 11.9. The Balaban J connectivity index is 2.16. The van der Waals surface area contributed by atoms with E-state index in [9.17, 15) is 4.79 Å². The highest BCUT2D eigenvalue weighted by Gasteiger charge is 2.11. The first kappa shape index (κ1) is 12.9. The summed E-state index contributed by atoms with van der Waals surface area (Å²) in [5.41, 5.74) is 3.25. The van der Waals surface area contributed by atoms with Gasteiger partial charge in [0.05, 0.1) is 0 Å². The molecule has 0 aliphatic carbocycles. The van der Waals surface area contributed by atoms with Crippen molar-refractivity contribution in [3.05, 3.63) is 51.9 Å². The Morgan fingerprint density at radius 1 is 1.33 bits per heavy atom. The van der Waals surface area contributed by atoms with Gasteiger partial charge in [-0.3, -0.25) is 4.79 Å². The number of carbonyl (C=O) groups is 1. The predicted octanol–water partition coefficient (Wildman–Crippen LogP) is 4.17. The Bertz CT molecular complexity index is 575. The minimum absolute atomic E-state index is 0.244. The summed E-state index contributed by atoms with van der Waals surface area (Å²) in [5, 5.41) is 2.82. The normalized spacial score (nSPS) is 10.4. The zero-order valence-electron chi connectivity index (χ0n) is 10.3. The highest BCUT2D eigenvalue weighted by atomic mass is 79.9. The van der Waals surface area contributed by atoms with Crippen molar-refractivity contribution in [2.45, 2.75) is 20.3 Å². The number of hydrogen-bond donors (Lipinski definition) is 1. The molecule has 0 spiro atoms. The summed E-state index contributed by atoms with van der Waals surface area (Å²) in [7, 11) is 0. The van der Waals surface area contributed by atoms with Crippen LogP contribution in [0, 0.1) is 6.92 Å². The van der Waals surface area contributed by atoms with Crippen LogP contribution in [0.15, 0.2) is 39.4 Å². The molecular weight excluding hydrogens is 294 g/mol. The molecule has 1 heterocycles. The molecule has 2 rings (SSSR count). The molecule has 0 saturated heterocycles. The van der Waals surface area contributed by atoms with Crippen LogP contribution in [-0.4, -0.2) is 5.91 Å². The van der Waals surface area contributed by atoms with Gasteiger partial charge in [0, 0.05) is 5.69 Å². The monoisotopic (exact) mass is 307 g/mol. The molecule has 2 aromatic rings. The Kier molecular flexibility index (Phi) is 3.87. The van der Waals surface area contributed by atoms with Gasteiger partial charge in [-0.25, -0.2) is 0 Å². The second-order valence-corrected chi connectivity index (χ2v) is 4.83. The van der Waals surface area contributed by atoms with E-state index in [1.165, 1.54) is 11.1 Å². The average Bonchev–Trinajstić information content (AvgIpc) is 2.78. The van der Waals surface area contributed by atoms with Gasteiger partial charge in [-0.15, -0.1) is 0 Å². The van der Waals surface area contributed by atoms with E-state index in [1.807, 2.05) is 18.2 Å². The first-order valence-electron chi connectivity index (χ1n) is 5.76. The fourth-order valence-corrected chi connectivity index (χ4v) is 2.07. The highest BCUT2D eigenvalue weighted by Crippen LogP contribution is 2.18. The maximum atomic E-state index is 11.9. The number of nitrogens with one attached hydrogen (secondary N) is 1. The number of hydrogen-bond acceptors (Lipinski definition) is 2. The molecule has 18 heavy (non-hydrogen) atoms. The first-order valence-corrected chi connectivity index (χ1v) is 6.55. The molecule has 0 atom stereocenters. The largest absolute Gasteiger partial charge is 0.444 e. The smallest absolute Gasteiger partial charge is 0.291 e. The molecule has 1 aromatic carbocycles. The summed E-state index contributed by atoms with van der Waals surface area (Å²) in [6, 6.07) is 9.22. The van der Waals surface area contributed by atoms with E-state index < -0.39 is 0 Å². The predicted molar refractivity (Wildman–Crippen MR) is 74.9 cm³/mol. The molecule has 0 bridgehead atoms. The zero-order chi connectivity index (χ0) is 13.1. The van der Waals surface area contributed by atoms with Gasteiger partial charge in [0.25, 0.3) is 5.91 Å². The minimum atomic E-state index is -0.244. The Morgan fingerprint density at radius 2 is 2.11 bits per heavy atom. The summed E-state index contributed by atoms with van der Waals surface area (Å²) in [6.45, 7) is 4.16. The Morgan fingerprint density at radius 3 is 2.72 bits per heavy atom. The van der Waals surface area contributed by atoms with E-state index in [2.05, 4.69) is 35.1 Å². The first-order chi connectivity index (χ1) is 8.60. The van der Waals surface area contributed by atoms with Crippen LogP contribution in [0.5, 0.6) is 0 Å². The van der Waals surface area contributed by atoms with Crippen LogP contribution in [-0.2, 0) is 6.42 Å². The molecule has 4 heteroatoms. The number of anilines is 1. The maximum absolute atomic E-state index is 11.9. The summed E-state index contributed by atoms with van der Waals surface area (Å²) in [5.74, 6) is 0.0482. The number of furan rings is 1. The summed E-state index contributed by atoms with van der Waals surface area (Å²) >= 11 is 3.17. The number of halogens is 1. The molecule has 1 amide bonds. The number of rotatable bonds is 3. The van der Waals surface area contributed by atoms with Crippen molar-refractivity contribution >= 4 is 27.5 Å². The van der Waals surface area contributed by atoms with Crippen LogP contribution >= 0.6 is 15.9 Å². The second-order valence-electron chi connectivity index (χ2n) is 4.05. The molecule has 0 fully saturated rings. The molecule has 1 N–H and O–H groups in total. The lowest BCUT2D eigenvalue weighted by Crippen LogP contribution is -2.11. The van der Waals surface area contributed by atoms with Crippen LogP contribution in [0.4, 0.5) is 5.69 Å². The number of aryl methyl sites for hydroxylation is 2. The SMILES string of the molecule is CCc1cc(NC(=O)c2ccc(Br)o2)ccc1C. The lowest BCUT2D eigenvalue weighted by atomic mass is 10.1. The summed E-state index contributed by atoms with van der Waals surface area (Å²) < 4.78 is 5.75. The Labute approximate surface area is 114 Å². The van der Waals surface area contributed by atoms with Gasteiger partial charge in [-0.1, -0.05) is 13.0 Å². The topological polar surface area (TPSA) is 42.2 Å². The average molecular weight is 308 g/mol. The van der Waals surface area contributed by atoms with Gasteiger partial charge in [0.15, 0.2) is 10.4 Å². The molecule has 0 aliphatic heterocycles. The zero-order valence-corrected chi connectivity index (χ0v) is 11.9. The second kappa shape index (κ2) is 5.40. The third kappa shape index (κ3) is 2.82. The number of amides is 1. The highest BCUT2D eigenvalue weighted by molar-refractivity contribution is 9.10. The molecule has 3 nitrogen and oxygen atoms in total. The third-order valence-corrected chi connectivity index (χ3v) is 3.21. The minimum Gasteiger partial charge on any atom is -0.444 e. The van der Waals surface area contributed by atoms with E-state index in [0.29, 0.717) is 10.4 Å². The van der Waals surface area contributed by atoms with Gasteiger partial charge in [0.2, 0.25) is 0 Å². The van der Waals surface area contributed by atoms with Gasteiger partial charge in [-0.2, -0.15) is 0 Å². The molecule has 0 saturated carbocycles. The van der Waals surface area contributed by atoms with Crippen molar-refractivity contribution < 1.29 is 9.21 Å². The molecular formula is C14H14BrNO2. The van der Waals surface area contributed by atoms with Gasteiger partial charge < -0.3 is 9.73 Å². The maximum Gasteiger partial charge on any atom is 0.291 e. The fourth-order valence-electron chi connectivity index (χ4n) is 1.76. The van der Waals surface area contributed by atoms with Crippen LogP contribution in [0.3, 0.4) is 0 Å². The van der Waals surface area contributed by atoms with Crippen molar-refractivity contribution in [2.75, 3.05) is 5.32 Å². The van der Waals surface area contributed by atoms with E-state index in [0.717, 1.165) is 12.1 Å². The van der Waals surface area contributed by atoms with Gasteiger partial charge >= 0.3 is 0 Å². The van der Waals surface area contributed by atoms with E-state index in [1.54, 1.807) is 12.1 Å². The van der Waals surface area contributed by atoms with E-state index >= 15 is 0 Å². The molecule has 1 aromatic heterocycles. The molecule has 94 valence electrons. The van der Waals surface area contributed by atoms with Crippen molar-refractivity contribution in [1.29, 1.82) is 0 Å². The van der Waals surface area contributed by atoms with Crippen molar-refractivity contribution in [2.24, 2.45) is 0 Å². The molecule has 0 radical (unpaired) electrons. The number of carbonyl (C=O) groups excluding carboxylic acids is 1. The fraction of sp³-hybridized carbons (Fsp3) is 0.214. The van der Waals surface area contributed by atoms with Gasteiger partial charge in [0.1, 0.15) is 0 Å². The third-order valence-electron chi connectivity index (χ3n) is 2.78. The quantitative estimate of drug-likeness (QED) is 0.925. The van der Waals surface area contributed by atoms with Crippen molar-refractivity contribution in [1.82, 2.24) is 0 Å². The lowest BCUT2D eigenvalue weighted by molar-refractivity contribution is 0.0995. The van der Waals surface area contributed by atoms with E-state index in [4.69, 9.17) is 4.42 Å². The number of benzene rings is 1. The van der Waals surface area contributed by atoms with E-state index in [-0.39, 0.29) is 5.91 Å². The Hall–Kier alpha value is -1.55. The van der Waals surface area contributed by atoms with Gasteiger partial charge in [-0.05, 0) is 64.7 Å². The van der Waals surface area contributed by atoms with Crippen molar-refractivity contribution in [3.8, 4) is 0 Å². The molecule has 0 unspecified atom stereocenters. The molecule has 0 aliphatic rings.